The van der Waals surface area contributed by atoms with Crippen molar-refractivity contribution >= 4 is 5.78 Å². The van der Waals surface area contributed by atoms with Gasteiger partial charge in [-0.2, -0.15) is 18.4 Å². The summed E-state index contributed by atoms with van der Waals surface area (Å²) < 4.78 is 36.2. The molecule has 0 unspecified atom stereocenters. The number of benzene rings is 1. The molecule has 2 nitrogen and oxygen atoms in total. The number of alkyl halides is 3. The molecular formula is C11H4F3NO. The molecule has 0 spiro atoms. The Labute approximate surface area is 89.3 Å². The quantitative estimate of drug-likeness (QED) is 0.541. The lowest BCUT2D eigenvalue weighted by atomic mass is 10.1. The van der Waals surface area contributed by atoms with E-state index in [0.717, 1.165) is 12.1 Å². The third-order valence-corrected chi connectivity index (χ3v) is 1.64. The summed E-state index contributed by atoms with van der Waals surface area (Å²) in [7, 11) is 0. The molecule has 1 aromatic rings. The molecule has 0 atom stereocenters. The lowest BCUT2D eigenvalue weighted by Crippen LogP contribution is -2.22. The van der Waals surface area contributed by atoms with E-state index in [1.807, 2.05) is 5.92 Å². The van der Waals surface area contributed by atoms with Crippen molar-refractivity contribution < 1.29 is 18.0 Å². The van der Waals surface area contributed by atoms with Crippen molar-refractivity contribution in [2.75, 3.05) is 0 Å². The molecule has 0 aromatic heterocycles. The minimum atomic E-state index is -4.90. The van der Waals surface area contributed by atoms with E-state index < -0.39 is 17.5 Å². The Balaban J connectivity index is 3.10. The van der Waals surface area contributed by atoms with Crippen LogP contribution in [0, 0.1) is 23.2 Å². The third-order valence-electron chi connectivity index (χ3n) is 1.64. The molecule has 0 N–H and O–H groups in total. The Hall–Kier alpha value is -2.27. The van der Waals surface area contributed by atoms with Gasteiger partial charge in [0.1, 0.15) is 0 Å². The molecule has 1 rings (SSSR count). The van der Waals surface area contributed by atoms with Crippen LogP contribution in [0.2, 0.25) is 0 Å². The van der Waals surface area contributed by atoms with Crippen LogP contribution in [-0.2, 0) is 0 Å². The van der Waals surface area contributed by atoms with Gasteiger partial charge in [-0.15, -0.1) is 0 Å². The highest BCUT2D eigenvalue weighted by Gasteiger charge is 2.39. The summed E-state index contributed by atoms with van der Waals surface area (Å²) in [5, 5.41) is 8.16. The van der Waals surface area contributed by atoms with Crippen LogP contribution in [0.5, 0.6) is 0 Å². The average Bonchev–Trinajstić information content (AvgIpc) is 2.24. The highest BCUT2D eigenvalue weighted by molar-refractivity contribution is 6.00. The van der Waals surface area contributed by atoms with Crippen LogP contribution < -0.4 is 0 Å². The zero-order valence-electron chi connectivity index (χ0n) is 7.80. The molecule has 0 heterocycles. The second-order valence-corrected chi connectivity index (χ2v) is 2.77. The first-order chi connectivity index (χ1) is 7.45. The van der Waals surface area contributed by atoms with Gasteiger partial charge in [-0.05, 0) is 12.1 Å². The van der Waals surface area contributed by atoms with Gasteiger partial charge >= 0.3 is 6.18 Å². The topological polar surface area (TPSA) is 40.9 Å². The predicted molar refractivity (Wildman–Crippen MR) is 49.3 cm³/mol. The number of carbonyl (C=O) groups excluding carboxylic acids is 1. The Bertz CT molecular complexity index is 515. The normalized spacial score (nSPS) is 9.88. The number of Topliss-reactive ketones (excluding diaryl/α,β-unsaturated/α-hetero) is 1. The summed E-state index contributed by atoms with van der Waals surface area (Å²) in [6, 6.07) is 6.27. The van der Waals surface area contributed by atoms with Gasteiger partial charge in [-0.1, -0.05) is 18.1 Å². The van der Waals surface area contributed by atoms with Crippen molar-refractivity contribution in [2.45, 2.75) is 6.18 Å². The SMILES string of the molecule is N#CC#Cc1cccc(C(=O)C(F)(F)F)c1. The van der Waals surface area contributed by atoms with Gasteiger partial charge < -0.3 is 0 Å². The smallest absolute Gasteiger partial charge is 0.284 e. The minimum absolute atomic E-state index is 0.191. The second kappa shape index (κ2) is 4.50. The first-order valence-electron chi connectivity index (χ1n) is 4.07. The Morgan fingerprint density at radius 1 is 1.31 bits per heavy atom. The summed E-state index contributed by atoms with van der Waals surface area (Å²) in [5.41, 5.74) is -0.297. The fourth-order valence-corrected chi connectivity index (χ4v) is 1.00. The highest BCUT2D eigenvalue weighted by Crippen LogP contribution is 2.21. The molecule has 5 heteroatoms. The van der Waals surface area contributed by atoms with Crippen molar-refractivity contribution in [1.82, 2.24) is 0 Å². The van der Waals surface area contributed by atoms with E-state index in [1.165, 1.54) is 18.2 Å². The fourth-order valence-electron chi connectivity index (χ4n) is 1.00. The molecule has 0 radical (unpaired) electrons. The van der Waals surface area contributed by atoms with Gasteiger partial charge in [0.05, 0.1) is 0 Å². The number of carbonyl (C=O) groups is 1. The standard InChI is InChI=1S/C11H4F3NO/c12-11(13,14)10(16)9-5-1-3-8(7-9)4-2-6-15/h1,3,5,7H. The molecule has 16 heavy (non-hydrogen) atoms. The fraction of sp³-hybridized carbons (Fsp3) is 0.0909. The monoisotopic (exact) mass is 223 g/mol. The van der Waals surface area contributed by atoms with Crippen molar-refractivity contribution in [3.05, 3.63) is 35.4 Å². The Kier molecular flexibility index (Phi) is 3.32. The maximum atomic E-state index is 12.1. The Morgan fingerprint density at radius 3 is 2.56 bits per heavy atom. The van der Waals surface area contributed by atoms with Gasteiger partial charge in [0.25, 0.3) is 5.78 Å². The van der Waals surface area contributed by atoms with Crippen molar-refractivity contribution in [2.24, 2.45) is 0 Å². The number of hydrogen-bond donors (Lipinski definition) is 0. The molecule has 1 aromatic carbocycles. The number of rotatable bonds is 1. The maximum absolute atomic E-state index is 12.1. The van der Waals surface area contributed by atoms with E-state index in [9.17, 15) is 18.0 Å². The minimum Gasteiger partial charge on any atom is -0.284 e. The molecule has 0 amide bonds. The molecule has 80 valence electrons. The van der Waals surface area contributed by atoms with E-state index in [1.54, 1.807) is 0 Å². The second-order valence-electron chi connectivity index (χ2n) is 2.77. The summed E-state index contributed by atoms with van der Waals surface area (Å²) in [6.45, 7) is 0. The summed E-state index contributed by atoms with van der Waals surface area (Å²) >= 11 is 0. The average molecular weight is 223 g/mol. The molecule has 0 fully saturated rings. The van der Waals surface area contributed by atoms with Crippen LogP contribution in [0.3, 0.4) is 0 Å². The Morgan fingerprint density at radius 2 is 2.00 bits per heavy atom. The van der Waals surface area contributed by atoms with Crippen LogP contribution in [0.1, 0.15) is 15.9 Å². The number of halogens is 3. The van der Waals surface area contributed by atoms with E-state index in [2.05, 4.69) is 5.92 Å². The molecule has 0 aliphatic carbocycles. The molecule has 0 saturated carbocycles. The lowest BCUT2D eigenvalue weighted by molar-refractivity contribution is -0.0885. The first kappa shape index (κ1) is 11.8. The van der Waals surface area contributed by atoms with E-state index in [0.29, 0.717) is 0 Å². The number of ketones is 1. The van der Waals surface area contributed by atoms with Crippen molar-refractivity contribution in [3.8, 4) is 17.9 Å². The maximum Gasteiger partial charge on any atom is 0.454 e. The number of hydrogen-bond acceptors (Lipinski definition) is 2. The number of nitrogens with zero attached hydrogens (tertiary/aromatic N) is 1. The van der Waals surface area contributed by atoms with Gasteiger partial charge in [0, 0.05) is 17.0 Å². The first-order valence-corrected chi connectivity index (χ1v) is 4.07. The van der Waals surface area contributed by atoms with E-state index in [4.69, 9.17) is 5.26 Å². The third kappa shape index (κ3) is 2.86. The van der Waals surface area contributed by atoms with Gasteiger partial charge in [-0.25, -0.2) is 0 Å². The van der Waals surface area contributed by atoms with Crippen LogP contribution in [0.15, 0.2) is 24.3 Å². The molecule has 0 saturated heterocycles. The van der Waals surface area contributed by atoms with Gasteiger partial charge in [0.2, 0.25) is 0 Å². The predicted octanol–water partition coefficient (Wildman–Crippen LogP) is 2.31. The zero-order chi connectivity index (χ0) is 12.2. The highest BCUT2D eigenvalue weighted by atomic mass is 19.4. The van der Waals surface area contributed by atoms with E-state index >= 15 is 0 Å². The lowest BCUT2D eigenvalue weighted by Gasteiger charge is -2.04. The van der Waals surface area contributed by atoms with Crippen LogP contribution in [-0.4, -0.2) is 12.0 Å². The van der Waals surface area contributed by atoms with Crippen LogP contribution in [0.4, 0.5) is 13.2 Å². The zero-order valence-corrected chi connectivity index (χ0v) is 7.80. The van der Waals surface area contributed by atoms with Crippen LogP contribution >= 0.6 is 0 Å². The van der Waals surface area contributed by atoms with Crippen LogP contribution in [0.25, 0.3) is 0 Å². The molecule has 0 bridgehead atoms. The molecule has 0 aliphatic rings. The molecule has 0 aliphatic heterocycles. The largest absolute Gasteiger partial charge is 0.454 e. The summed E-state index contributed by atoms with van der Waals surface area (Å²) in [5.74, 6) is 2.42. The van der Waals surface area contributed by atoms with E-state index in [-0.39, 0.29) is 5.56 Å². The van der Waals surface area contributed by atoms with Gasteiger partial charge in [-0.3, -0.25) is 4.79 Å². The summed E-state index contributed by atoms with van der Waals surface area (Å²) in [6.07, 6.45) is -4.90. The van der Waals surface area contributed by atoms with Gasteiger partial charge in [0.15, 0.2) is 6.07 Å². The summed E-state index contributed by atoms with van der Waals surface area (Å²) in [4.78, 5) is 10.9. The van der Waals surface area contributed by atoms with Crippen molar-refractivity contribution in [3.63, 3.8) is 0 Å². The van der Waals surface area contributed by atoms with Crippen molar-refractivity contribution in [1.29, 1.82) is 5.26 Å². The number of nitriles is 1. The molecular weight excluding hydrogens is 219 g/mol.